The van der Waals surface area contributed by atoms with Gasteiger partial charge in [0.15, 0.2) is 0 Å². The molecule has 0 bridgehead atoms. The van der Waals surface area contributed by atoms with Crippen LogP contribution >= 0.6 is 0 Å². The minimum atomic E-state index is -0.0946. The number of Topliss-reactive ketones (excluding diaryl/α,β-unsaturated/α-hetero) is 1. The predicted octanol–water partition coefficient (Wildman–Crippen LogP) is 2.94. The van der Waals surface area contributed by atoms with E-state index >= 15 is 0 Å². The van der Waals surface area contributed by atoms with Gasteiger partial charge in [-0.3, -0.25) is 14.8 Å². The quantitative estimate of drug-likeness (QED) is 0.749. The van der Waals surface area contributed by atoms with E-state index in [0.29, 0.717) is 5.69 Å². The first kappa shape index (κ1) is 14.1. The lowest BCUT2D eigenvalue weighted by Crippen LogP contribution is -2.15. The molecule has 5 nitrogen and oxygen atoms in total. The third-order valence-electron chi connectivity index (χ3n) is 3.38. The molecule has 2 heterocycles. The van der Waals surface area contributed by atoms with Crippen LogP contribution in [0.1, 0.15) is 21.7 Å². The summed E-state index contributed by atoms with van der Waals surface area (Å²) in [5.41, 5.74) is 4.26. The second-order valence-corrected chi connectivity index (χ2v) is 5.20. The third kappa shape index (κ3) is 2.93. The van der Waals surface area contributed by atoms with Crippen LogP contribution < -0.4 is 5.32 Å². The van der Waals surface area contributed by atoms with Crippen LogP contribution in [-0.2, 0) is 0 Å². The van der Waals surface area contributed by atoms with Crippen LogP contribution in [0.25, 0.3) is 10.9 Å². The van der Waals surface area contributed by atoms with E-state index in [1.54, 1.807) is 6.20 Å². The number of ketones is 1. The second-order valence-electron chi connectivity index (χ2n) is 5.20. The van der Waals surface area contributed by atoms with Gasteiger partial charge >= 0.3 is 0 Å². The third-order valence-corrected chi connectivity index (χ3v) is 3.38. The summed E-state index contributed by atoms with van der Waals surface area (Å²) >= 11 is 0. The van der Waals surface area contributed by atoms with Gasteiger partial charge in [0.1, 0.15) is 5.69 Å². The standard InChI is InChI=1S/C17H16N4O/c1-11-3-4-13-14(8-12(2)21-15(13)7-11)20-10-17(22)16-9-18-5-6-19-16/h3-9H,10H2,1-2H3,(H,20,21). The summed E-state index contributed by atoms with van der Waals surface area (Å²) in [5, 5.41) is 4.19. The number of fused-ring (bicyclic) bond motifs is 1. The first-order chi connectivity index (χ1) is 10.6. The molecule has 1 N–H and O–H groups in total. The maximum absolute atomic E-state index is 12.1. The molecule has 110 valence electrons. The Balaban J connectivity index is 1.86. The number of aromatic nitrogens is 3. The predicted molar refractivity (Wildman–Crippen MR) is 86.1 cm³/mol. The van der Waals surface area contributed by atoms with Crippen molar-refractivity contribution >= 4 is 22.4 Å². The number of hydrogen-bond acceptors (Lipinski definition) is 5. The van der Waals surface area contributed by atoms with Crippen LogP contribution in [-0.4, -0.2) is 27.3 Å². The van der Waals surface area contributed by atoms with Crippen molar-refractivity contribution in [2.24, 2.45) is 0 Å². The lowest BCUT2D eigenvalue weighted by Gasteiger charge is -2.10. The lowest BCUT2D eigenvalue weighted by atomic mass is 10.1. The number of carbonyl (C=O) groups excluding carboxylic acids is 1. The van der Waals surface area contributed by atoms with E-state index < -0.39 is 0 Å². The fourth-order valence-corrected chi connectivity index (χ4v) is 2.33. The van der Waals surface area contributed by atoms with Crippen LogP contribution in [0.5, 0.6) is 0 Å². The average Bonchev–Trinajstić information content (AvgIpc) is 2.52. The molecule has 0 aliphatic heterocycles. The molecule has 0 atom stereocenters. The van der Waals surface area contributed by atoms with Crippen LogP contribution in [0, 0.1) is 13.8 Å². The zero-order chi connectivity index (χ0) is 15.5. The second kappa shape index (κ2) is 5.89. The van der Waals surface area contributed by atoms with Crippen molar-refractivity contribution in [3.8, 4) is 0 Å². The Labute approximate surface area is 128 Å². The van der Waals surface area contributed by atoms with Gasteiger partial charge in [-0.15, -0.1) is 0 Å². The highest BCUT2D eigenvalue weighted by Crippen LogP contribution is 2.24. The minimum absolute atomic E-state index is 0.0946. The molecule has 0 unspecified atom stereocenters. The van der Waals surface area contributed by atoms with E-state index in [4.69, 9.17) is 0 Å². The first-order valence-electron chi connectivity index (χ1n) is 7.04. The zero-order valence-electron chi connectivity index (χ0n) is 12.5. The van der Waals surface area contributed by atoms with Gasteiger partial charge < -0.3 is 5.32 Å². The Morgan fingerprint density at radius 1 is 1.18 bits per heavy atom. The van der Waals surface area contributed by atoms with E-state index in [0.717, 1.165) is 27.8 Å². The number of hydrogen-bond donors (Lipinski definition) is 1. The fourth-order valence-electron chi connectivity index (χ4n) is 2.33. The average molecular weight is 292 g/mol. The molecule has 3 aromatic rings. The van der Waals surface area contributed by atoms with Gasteiger partial charge in [0.25, 0.3) is 0 Å². The molecule has 0 saturated carbocycles. The van der Waals surface area contributed by atoms with E-state index in [-0.39, 0.29) is 12.3 Å². The van der Waals surface area contributed by atoms with Gasteiger partial charge in [-0.2, -0.15) is 0 Å². The number of pyridine rings is 1. The molecule has 0 amide bonds. The van der Waals surface area contributed by atoms with Crippen molar-refractivity contribution in [1.82, 2.24) is 15.0 Å². The van der Waals surface area contributed by atoms with Crippen molar-refractivity contribution in [3.63, 3.8) is 0 Å². The van der Waals surface area contributed by atoms with Gasteiger partial charge in [0.05, 0.1) is 18.3 Å². The van der Waals surface area contributed by atoms with Crippen LogP contribution in [0.4, 0.5) is 5.69 Å². The topological polar surface area (TPSA) is 67.8 Å². The van der Waals surface area contributed by atoms with Crippen LogP contribution in [0.3, 0.4) is 0 Å². The molecule has 2 aromatic heterocycles. The number of anilines is 1. The molecule has 0 saturated heterocycles. The lowest BCUT2D eigenvalue weighted by molar-refractivity contribution is 0.100. The van der Waals surface area contributed by atoms with E-state index in [1.165, 1.54) is 12.4 Å². The summed E-state index contributed by atoms with van der Waals surface area (Å²) in [4.78, 5) is 24.6. The molecular formula is C17H16N4O. The van der Waals surface area contributed by atoms with Crippen molar-refractivity contribution in [1.29, 1.82) is 0 Å². The highest BCUT2D eigenvalue weighted by Gasteiger charge is 2.09. The fraction of sp³-hybridized carbons (Fsp3) is 0.176. The Hall–Kier alpha value is -2.82. The molecule has 3 rings (SSSR count). The zero-order valence-corrected chi connectivity index (χ0v) is 12.5. The number of nitrogens with zero attached hydrogens (tertiary/aromatic N) is 3. The molecule has 0 fully saturated rings. The molecule has 22 heavy (non-hydrogen) atoms. The number of aryl methyl sites for hydroxylation is 2. The van der Waals surface area contributed by atoms with Gasteiger partial charge in [-0.05, 0) is 31.5 Å². The Bertz CT molecular complexity index is 825. The van der Waals surface area contributed by atoms with E-state index in [9.17, 15) is 4.79 Å². The molecular weight excluding hydrogens is 276 g/mol. The first-order valence-corrected chi connectivity index (χ1v) is 7.04. The molecule has 5 heteroatoms. The summed E-state index contributed by atoms with van der Waals surface area (Å²) < 4.78 is 0. The maximum Gasteiger partial charge on any atom is 0.201 e. The van der Waals surface area contributed by atoms with Crippen molar-refractivity contribution in [2.75, 3.05) is 11.9 Å². The van der Waals surface area contributed by atoms with Gasteiger partial charge in [-0.25, -0.2) is 4.98 Å². The highest BCUT2D eigenvalue weighted by molar-refractivity contribution is 5.99. The number of benzene rings is 1. The van der Waals surface area contributed by atoms with Crippen molar-refractivity contribution < 1.29 is 4.79 Å². The Kier molecular flexibility index (Phi) is 3.78. The summed E-state index contributed by atoms with van der Waals surface area (Å²) in [6.07, 6.45) is 4.54. The summed E-state index contributed by atoms with van der Waals surface area (Å²) in [5.74, 6) is -0.0946. The molecule has 0 radical (unpaired) electrons. The number of nitrogens with one attached hydrogen (secondary N) is 1. The monoisotopic (exact) mass is 292 g/mol. The molecule has 1 aromatic carbocycles. The Morgan fingerprint density at radius 3 is 2.82 bits per heavy atom. The SMILES string of the molecule is Cc1ccc2c(NCC(=O)c3cnccn3)cc(C)nc2c1. The molecule has 0 aliphatic rings. The maximum atomic E-state index is 12.1. The van der Waals surface area contributed by atoms with Gasteiger partial charge in [0, 0.05) is 29.2 Å². The van der Waals surface area contributed by atoms with E-state index in [1.807, 2.05) is 38.1 Å². The van der Waals surface area contributed by atoms with Crippen molar-refractivity contribution in [3.05, 3.63) is 59.8 Å². The normalized spacial score (nSPS) is 10.6. The number of rotatable bonds is 4. The number of carbonyl (C=O) groups is 1. The Morgan fingerprint density at radius 2 is 2.05 bits per heavy atom. The molecule has 0 spiro atoms. The largest absolute Gasteiger partial charge is 0.377 e. The van der Waals surface area contributed by atoms with Crippen molar-refractivity contribution in [2.45, 2.75) is 13.8 Å². The summed E-state index contributed by atoms with van der Waals surface area (Å²) in [6.45, 7) is 4.15. The van der Waals surface area contributed by atoms with E-state index in [2.05, 4.69) is 20.3 Å². The smallest absolute Gasteiger partial charge is 0.201 e. The van der Waals surface area contributed by atoms with Crippen LogP contribution in [0.2, 0.25) is 0 Å². The van der Waals surface area contributed by atoms with Gasteiger partial charge in [0.2, 0.25) is 5.78 Å². The minimum Gasteiger partial charge on any atom is -0.377 e. The molecule has 0 aliphatic carbocycles. The van der Waals surface area contributed by atoms with Crippen LogP contribution in [0.15, 0.2) is 42.9 Å². The highest BCUT2D eigenvalue weighted by atomic mass is 16.1. The summed E-state index contributed by atoms with van der Waals surface area (Å²) in [7, 11) is 0. The summed E-state index contributed by atoms with van der Waals surface area (Å²) in [6, 6.07) is 8.04. The van der Waals surface area contributed by atoms with Gasteiger partial charge in [-0.1, -0.05) is 12.1 Å².